The number of hydrogen-bond donors (Lipinski definition) is 2. The number of amides is 1. The van der Waals surface area contributed by atoms with E-state index in [2.05, 4.69) is 25.4 Å². The van der Waals surface area contributed by atoms with Gasteiger partial charge in [0.05, 0.1) is 6.61 Å². The molecule has 0 aliphatic heterocycles. The monoisotopic (exact) mass is 297 g/mol. The summed E-state index contributed by atoms with van der Waals surface area (Å²) in [7, 11) is 0. The molecule has 2 aromatic rings. The standard InChI is InChI=1S/C10H12ClN7O2/c11-8-15-9(13-3-5-20-6-7(12)19)17-10(16-8)18-4-1-2-14-18/h1-2,4H,3,5-6H2,(H2,12,19)(H,13,15,16,17). The van der Waals surface area contributed by atoms with Crippen LogP contribution in [-0.4, -0.2) is 50.4 Å². The van der Waals surface area contributed by atoms with Gasteiger partial charge in [0.25, 0.3) is 5.95 Å². The third kappa shape index (κ3) is 4.14. The molecule has 0 saturated heterocycles. The van der Waals surface area contributed by atoms with E-state index in [1.165, 1.54) is 4.68 Å². The normalized spacial score (nSPS) is 10.4. The highest BCUT2D eigenvalue weighted by atomic mass is 35.5. The summed E-state index contributed by atoms with van der Waals surface area (Å²) in [6.45, 7) is 0.549. The Labute approximate surface area is 119 Å². The van der Waals surface area contributed by atoms with Gasteiger partial charge in [0.2, 0.25) is 17.1 Å². The van der Waals surface area contributed by atoms with E-state index in [-0.39, 0.29) is 24.4 Å². The number of ether oxygens (including phenoxy) is 1. The third-order valence-electron chi connectivity index (χ3n) is 2.08. The second kappa shape index (κ2) is 6.78. The molecule has 0 aromatic carbocycles. The highest BCUT2D eigenvalue weighted by molar-refractivity contribution is 6.28. The van der Waals surface area contributed by atoms with Gasteiger partial charge >= 0.3 is 0 Å². The summed E-state index contributed by atoms with van der Waals surface area (Å²) in [5.41, 5.74) is 4.94. The number of nitrogens with zero attached hydrogens (tertiary/aromatic N) is 5. The number of primary amides is 1. The number of nitrogens with two attached hydrogens (primary N) is 1. The van der Waals surface area contributed by atoms with Crippen LogP contribution in [0.25, 0.3) is 5.95 Å². The second-order valence-electron chi connectivity index (χ2n) is 3.62. The summed E-state index contributed by atoms with van der Waals surface area (Å²) >= 11 is 5.81. The van der Waals surface area contributed by atoms with Crippen LogP contribution in [0.5, 0.6) is 0 Å². The molecule has 0 spiro atoms. The highest BCUT2D eigenvalue weighted by Crippen LogP contribution is 2.08. The fourth-order valence-electron chi connectivity index (χ4n) is 1.32. The molecule has 0 unspecified atom stereocenters. The zero-order valence-electron chi connectivity index (χ0n) is 10.4. The number of aromatic nitrogens is 5. The minimum absolute atomic E-state index is 0.0473. The second-order valence-corrected chi connectivity index (χ2v) is 3.96. The van der Waals surface area contributed by atoms with Crippen LogP contribution >= 0.6 is 11.6 Å². The van der Waals surface area contributed by atoms with Gasteiger partial charge in [0.15, 0.2) is 0 Å². The Balaban J connectivity index is 1.93. The zero-order valence-corrected chi connectivity index (χ0v) is 11.1. The van der Waals surface area contributed by atoms with Crippen LogP contribution < -0.4 is 11.1 Å². The first-order valence-electron chi connectivity index (χ1n) is 5.66. The van der Waals surface area contributed by atoms with E-state index in [9.17, 15) is 4.79 Å². The lowest BCUT2D eigenvalue weighted by atomic mass is 10.6. The third-order valence-corrected chi connectivity index (χ3v) is 2.25. The number of hydrogen-bond acceptors (Lipinski definition) is 7. The van der Waals surface area contributed by atoms with Crippen molar-refractivity contribution in [3.8, 4) is 5.95 Å². The summed E-state index contributed by atoms with van der Waals surface area (Å²) < 4.78 is 6.45. The SMILES string of the molecule is NC(=O)COCCNc1nc(Cl)nc(-n2cccn2)n1. The summed E-state index contributed by atoms with van der Waals surface area (Å²) in [5.74, 6) is 0.0721. The summed E-state index contributed by atoms with van der Waals surface area (Å²) in [6, 6.07) is 1.74. The van der Waals surface area contributed by atoms with Crippen LogP contribution in [0, 0.1) is 0 Å². The summed E-state index contributed by atoms with van der Waals surface area (Å²) in [4.78, 5) is 22.5. The van der Waals surface area contributed by atoms with Gasteiger partial charge in [-0.15, -0.1) is 0 Å². The van der Waals surface area contributed by atoms with Crippen LogP contribution in [0.2, 0.25) is 5.28 Å². The molecule has 2 heterocycles. The van der Waals surface area contributed by atoms with Gasteiger partial charge in [0, 0.05) is 18.9 Å². The molecular weight excluding hydrogens is 286 g/mol. The van der Waals surface area contributed by atoms with Crippen LogP contribution in [-0.2, 0) is 9.53 Å². The molecule has 0 aliphatic rings. The van der Waals surface area contributed by atoms with Crippen molar-refractivity contribution in [2.24, 2.45) is 5.73 Å². The lowest BCUT2D eigenvalue weighted by Gasteiger charge is -2.06. The number of nitrogens with one attached hydrogen (secondary N) is 1. The molecule has 2 aromatic heterocycles. The molecule has 20 heavy (non-hydrogen) atoms. The number of halogens is 1. The minimum atomic E-state index is -0.519. The van der Waals surface area contributed by atoms with E-state index < -0.39 is 5.91 Å². The van der Waals surface area contributed by atoms with Crippen LogP contribution in [0.1, 0.15) is 0 Å². The van der Waals surface area contributed by atoms with Crippen LogP contribution in [0.15, 0.2) is 18.5 Å². The average molecular weight is 298 g/mol. The van der Waals surface area contributed by atoms with Gasteiger partial charge in [-0.05, 0) is 17.7 Å². The van der Waals surface area contributed by atoms with Gasteiger partial charge in [0.1, 0.15) is 6.61 Å². The summed E-state index contributed by atoms with van der Waals surface area (Å²) in [6.07, 6.45) is 3.29. The molecule has 0 atom stereocenters. The van der Waals surface area contributed by atoms with Crippen molar-refractivity contribution in [1.29, 1.82) is 0 Å². The highest BCUT2D eigenvalue weighted by Gasteiger charge is 2.06. The van der Waals surface area contributed by atoms with E-state index in [0.29, 0.717) is 12.5 Å². The molecule has 9 nitrogen and oxygen atoms in total. The first kappa shape index (κ1) is 14.2. The van der Waals surface area contributed by atoms with E-state index in [1.54, 1.807) is 18.5 Å². The topological polar surface area (TPSA) is 121 Å². The van der Waals surface area contributed by atoms with Crippen molar-refractivity contribution >= 4 is 23.5 Å². The largest absolute Gasteiger partial charge is 0.370 e. The van der Waals surface area contributed by atoms with E-state index in [1.807, 2.05) is 0 Å². The fourth-order valence-corrected chi connectivity index (χ4v) is 1.47. The van der Waals surface area contributed by atoms with Crippen LogP contribution in [0.4, 0.5) is 5.95 Å². The van der Waals surface area contributed by atoms with Gasteiger partial charge in [-0.25, -0.2) is 4.68 Å². The number of anilines is 1. The predicted octanol–water partition coefficient (Wildman–Crippen LogP) is -0.376. The van der Waals surface area contributed by atoms with Crippen molar-refractivity contribution < 1.29 is 9.53 Å². The zero-order chi connectivity index (χ0) is 14.4. The van der Waals surface area contributed by atoms with Crippen molar-refractivity contribution in [1.82, 2.24) is 24.7 Å². The average Bonchev–Trinajstić information content (AvgIpc) is 2.91. The fraction of sp³-hybridized carbons (Fsp3) is 0.300. The van der Waals surface area contributed by atoms with E-state index in [0.717, 1.165) is 0 Å². The van der Waals surface area contributed by atoms with Crippen LogP contribution in [0.3, 0.4) is 0 Å². The number of rotatable bonds is 7. The molecule has 10 heteroatoms. The predicted molar refractivity (Wildman–Crippen MR) is 70.5 cm³/mol. The van der Waals surface area contributed by atoms with E-state index >= 15 is 0 Å². The molecule has 0 fully saturated rings. The number of carbonyl (C=O) groups excluding carboxylic acids is 1. The Morgan fingerprint density at radius 3 is 3.00 bits per heavy atom. The van der Waals surface area contributed by atoms with Gasteiger partial charge < -0.3 is 15.8 Å². The quantitative estimate of drug-likeness (QED) is 0.668. The van der Waals surface area contributed by atoms with E-state index in [4.69, 9.17) is 22.1 Å². The Morgan fingerprint density at radius 2 is 2.30 bits per heavy atom. The maximum Gasteiger partial charge on any atom is 0.256 e. The van der Waals surface area contributed by atoms with Gasteiger partial charge in [-0.2, -0.15) is 20.1 Å². The molecular formula is C10H12ClN7O2. The molecule has 0 saturated carbocycles. The number of carbonyl (C=O) groups is 1. The molecule has 2 rings (SSSR count). The Morgan fingerprint density at radius 1 is 1.45 bits per heavy atom. The van der Waals surface area contributed by atoms with Gasteiger partial charge in [-0.1, -0.05) is 0 Å². The molecule has 106 valence electrons. The molecule has 0 radical (unpaired) electrons. The van der Waals surface area contributed by atoms with Crippen molar-refractivity contribution in [3.05, 3.63) is 23.7 Å². The first-order valence-corrected chi connectivity index (χ1v) is 6.04. The Bertz CT molecular complexity index is 575. The smallest absolute Gasteiger partial charge is 0.256 e. The van der Waals surface area contributed by atoms with Crippen molar-refractivity contribution in [2.45, 2.75) is 0 Å². The first-order chi connectivity index (χ1) is 9.65. The minimum Gasteiger partial charge on any atom is -0.370 e. The maximum absolute atomic E-state index is 10.5. The molecule has 0 bridgehead atoms. The Kier molecular flexibility index (Phi) is 4.80. The lowest BCUT2D eigenvalue weighted by Crippen LogP contribution is -2.21. The molecule has 1 amide bonds. The molecule has 3 N–H and O–H groups in total. The van der Waals surface area contributed by atoms with Crippen molar-refractivity contribution in [2.75, 3.05) is 25.1 Å². The maximum atomic E-state index is 10.5. The lowest BCUT2D eigenvalue weighted by molar-refractivity contribution is -0.122. The van der Waals surface area contributed by atoms with Crippen molar-refractivity contribution in [3.63, 3.8) is 0 Å². The summed E-state index contributed by atoms with van der Waals surface area (Å²) in [5, 5.41) is 6.94. The molecule has 0 aliphatic carbocycles. The van der Waals surface area contributed by atoms with Gasteiger partial charge in [-0.3, -0.25) is 4.79 Å². The Hall–Kier alpha value is -2.26.